The van der Waals surface area contributed by atoms with Crippen LogP contribution in [-0.2, 0) is 22.7 Å². The number of rotatable bonds is 9. The molecule has 1 unspecified atom stereocenters. The molecule has 4 atom stereocenters. The number of ether oxygens (including phenoxy) is 1. The van der Waals surface area contributed by atoms with Gasteiger partial charge in [-0.15, -0.1) is 5.10 Å². The molecule has 31 heavy (non-hydrogen) atoms. The van der Waals surface area contributed by atoms with Crippen LogP contribution in [0.25, 0.3) is 0 Å². The van der Waals surface area contributed by atoms with Gasteiger partial charge >= 0.3 is 0 Å². The molecule has 0 saturated carbocycles. The Balaban J connectivity index is 1.25. The number of hydrogen-bond acceptors (Lipinski definition) is 5. The first-order chi connectivity index (χ1) is 15.1. The van der Waals surface area contributed by atoms with Crippen molar-refractivity contribution >= 4 is 11.8 Å². The molecule has 9 nitrogen and oxygen atoms in total. The van der Waals surface area contributed by atoms with Gasteiger partial charge in [0.05, 0.1) is 31.7 Å². The molecule has 1 aromatic heterocycles. The van der Waals surface area contributed by atoms with E-state index in [1.165, 1.54) is 11.8 Å². The molecule has 2 amide bonds. The van der Waals surface area contributed by atoms with E-state index in [2.05, 4.69) is 20.9 Å². The topological polar surface area (TPSA) is 103 Å². The van der Waals surface area contributed by atoms with Gasteiger partial charge in [0, 0.05) is 32.9 Å². The van der Waals surface area contributed by atoms with Crippen LogP contribution in [-0.4, -0.2) is 59.0 Å². The lowest BCUT2D eigenvalue weighted by molar-refractivity contribution is -0.945. The summed E-state index contributed by atoms with van der Waals surface area (Å²) < 4.78 is 7.66. The summed E-state index contributed by atoms with van der Waals surface area (Å²) in [6, 6.07) is 10.1. The molecule has 3 N–H and O–H groups in total. The molecule has 3 fully saturated rings. The van der Waals surface area contributed by atoms with Gasteiger partial charge in [-0.3, -0.25) is 9.59 Å². The van der Waals surface area contributed by atoms with Crippen LogP contribution in [0.15, 0.2) is 36.5 Å². The van der Waals surface area contributed by atoms with E-state index < -0.39 is 0 Å². The normalized spacial score (nSPS) is 24.5. The maximum Gasteiger partial charge on any atom is 0.229 e. The predicted octanol–water partition coefficient (Wildman–Crippen LogP) is -0.597. The van der Waals surface area contributed by atoms with Gasteiger partial charge < -0.3 is 20.3 Å². The van der Waals surface area contributed by atoms with Gasteiger partial charge in [-0.05, 0) is 18.1 Å². The highest BCUT2D eigenvalue weighted by Crippen LogP contribution is 2.27. The Morgan fingerprint density at radius 3 is 2.77 bits per heavy atom. The Bertz CT molecular complexity index is 886. The van der Waals surface area contributed by atoms with Gasteiger partial charge in [0.1, 0.15) is 24.1 Å². The zero-order valence-electron chi connectivity index (χ0n) is 17.9. The number of aromatic nitrogens is 3. The lowest BCUT2D eigenvalue weighted by Gasteiger charge is -2.46. The predicted molar refractivity (Wildman–Crippen MR) is 113 cm³/mol. The van der Waals surface area contributed by atoms with Crippen molar-refractivity contribution in [3.63, 3.8) is 0 Å². The van der Waals surface area contributed by atoms with Crippen LogP contribution in [0.2, 0.25) is 0 Å². The van der Waals surface area contributed by atoms with Crippen molar-refractivity contribution in [1.82, 2.24) is 25.6 Å². The molecule has 3 aliphatic heterocycles. The van der Waals surface area contributed by atoms with E-state index in [4.69, 9.17) is 4.74 Å². The van der Waals surface area contributed by atoms with Crippen LogP contribution < -0.4 is 20.3 Å². The van der Waals surface area contributed by atoms with Crippen LogP contribution in [0, 0.1) is 11.8 Å². The Labute approximate surface area is 182 Å². The summed E-state index contributed by atoms with van der Waals surface area (Å²) in [5.74, 6) is 1.33. The molecule has 5 rings (SSSR count). The number of quaternary nitrogens is 1. The quantitative estimate of drug-likeness (QED) is 0.464. The number of benzene rings is 1. The number of carbonyl (C=O) groups is 2. The Hall–Kier alpha value is -2.94. The zero-order chi connectivity index (χ0) is 21.6. The van der Waals surface area contributed by atoms with Gasteiger partial charge in [-0.2, -0.15) is 0 Å². The van der Waals surface area contributed by atoms with Crippen molar-refractivity contribution in [2.75, 3.05) is 26.2 Å². The van der Waals surface area contributed by atoms with Gasteiger partial charge in [0.2, 0.25) is 11.8 Å². The van der Waals surface area contributed by atoms with Gasteiger partial charge in [0.25, 0.3) is 0 Å². The van der Waals surface area contributed by atoms with Crippen LogP contribution in [0.4, 0.5) is 0 Å². The zero-order valence-corrected chi connectivity index (χ0v) is 17.9. The first kappa shape index (κ1) is 21.3. The van der Waals surface area contributed by atoms with E-state index in [0.29, 0.717) is 31.7 Å². The maximum absolute atomic E-state index is 12.6. The maximum atomic E-state index is 12.6. The molecule has 3 saturated heterocycles. The second kappa shape index (κ2) is 9.91. The molecule has 0 aliphatic carbocycles. The van der Waals surface area contributed by atoms with E-state index in [-0.39, 0.29) is 17.7 Å². The average Bonchev–Trinajstić information content (AvgIpc) is 3.23. The number of amides is 2. The fourth-order valence-electron chi connectivity index (χ4n) is 4.77. The molecule has 0 radical (unpaired) electrons. The first-order valence-corrected chi connectivity index (χ1v) is 11.0. The molecule has 9 heteroatoms. The second-order valence-corrected chi connectivity index (χ2v) is 8.51. The summed E-state index contributed by atoms with van der Waals surface area (Å²) in [4.78, 5) is 25.0. The molecular weight excluding hydrogens is 396 g/mol. The van der Waals surface area contributed by atoms with E-state index in [1.54, 1.807) is 0 Å². The molecule has 4 heterocycles. The average molecular weight is 428 g/mol. The third kappa shape index (κ3) is 5.61. The Morgan fingerprint density at radius 1 is 1.23 bits per heavy atom. The summed E-state index contributed by atoms with van der Waals surface area (Å²) in [5.41, 5.74) is 0.811. The fourth-order valence-corrected chi connectivity index (χ4v) is 4.77. The standard InChI is InChI=1S/C22H30N6O3/c1-16(29)23-8-9-24-22(30)21-14-27-10-7-17(21)11-19(27)13-28-12-18(25-26-28)15-31-20-5-3-2-4-6-20/h2-6,12,17,19,21H,7-11,13-15H2,1H3,(H,23,29)(H,24,30)/p+1/t17-,19+,21-/m0/s1. The van der Waals surface area contributed by atoms with Crippen molar-refractivity contribution in [2.45, 2.75) is 39.0 Å². The third-order valence-corrected chi connectivity index (χ3v) is 6.31. The number of nitrogens with zero attached hydrogens (tertiary/aromatic N) is 3. The highest BCUT2D eigenvalue weighted by molar-refractivity contribution is 5.79. The van der Waals surface area contributed by atoms with Crippen LogP contribution in [0.1, 0.15) is 25.5 Å². The van der Waals surface area contributed by atoms with Gasteiger partial charge in [-0.25, -0.2) is 4.68 Å². The van der Waals surface area contributed by atoms with Crippen molar-refractivity contribution in [2.24, 2.45) is 11.8 Å². The molecule has 1 aromatic carbocycles. The van der Waals surface area contributed by atoms with Crippen LogP contribution in [0.5, 0.6) is 5.75 Å². The highest BCUT2D eigenvalue weighted by atomic mass is 16.5. The monoisotopic (exact) mass is 427 g/mol. The summed E-state index contributed by atoms with van der Waals surface area (Å²) in [7, 11) is 0. The number of fused-ring (bicyclic) bond motifs is 3. The second-order valence-electron chi connectivity index (χ2n) is 8.51. The minimum Gasteiger partial charge on any atom is -0.487 e. The molecule has 166 valence electrons. The van der Waals surface area contributed by atoms with Crippen LogP contribution in [0.3, 0.4) is 0 Å². The molecule has 2 aromatic rings. The Kier molecular flexibility index (Phi) is 6.81. The van der Waals surface area contributed by atoms with E-state index in [0.717, 1.165) is 43.9 Å². The number of nitrogens with one attached hydrogen (secondary N) is 3. The van der Waals surface area contributed by atoms with E-state index >= 15 is 0 Å². The fraction of sp³-hybridized carbons (Fsp3) is 0.545. The van der Waals surface area contributed by atoms with Gasteiger partial charge in [0.15, 0.2) is 0 Å². The molecule has 2 bridgehead atoms. The smallest absolute Gasteiger partial charge is 0.229 e. The first-order valence-electron chi connectivity index (χ1n) is 11.0. The van der Waals surface area contributed by atoms with E-state index in [9.17, 15) is 9.59 Å². The lowest BCUT2D eigenvalue weighted by atomic mass is 9.75. The van der Waals surface area contributed by atoms with Crippen molar-refractivity contribution < 1.29 is 19.2 Å². The summed E-state index contributed by atoms with van der Waals surface area (Å²) in [5, 5.41) is 14.2. The summed E-state index contributed by atoms with van der Waals surface area (Å²) in [6.07, 6.45) is 4.07. The minimum atomic E-state index is -0.0766. The van der Waals surface area contributed by atoms with Crippen molar-refractivity contribution in [1.29, 1.82) is 0 Å². The number of hydrogen-bond donors (Lipinski definition) is 3. The number of para-hydroxylation sites is 1. The summed E-state index contributed by atoms with van der Waals surface area (Å²) in [6.45, 7) is 5.60. The summed E-state index contributed by atoms with van der Waals surface area (Å²) >= 11 is 0. The SMILES string of the molecule is CC(=O)NCCNC(=O)[C@H]1C[NH+]2CC[C@H]1C[C@@H]2Cn1cc(COc2ccccc2)nn1. The number of piperidine rings is 3. The van der Waals surface area contributed by atoms with Crippen molar-refractivity contribution in [3.8, 4) is 5.75 Å². The van der Waals surface area contributed by atoms with Gasteiger partial charge in [-0.1, -0.05) is 23.4 Å². The molecule has 3 aliphatic rings. The Morgan fingerprint density at radius 2 is 2.03 bits per heavy atom. The molecule has 0 spiro atoms. The lowest BCUT2D eigenvalue weighted by Crippen LogP contribution is -3.20. The third-order valence-electron chi connectivity index (χ3n) is 6.31. The van der Waals surface area contributed by atoms with Crippen LogP contribution >= 0.6 is 0 Å². The largest absolute Gasteiger partial charge is 0.487 e. The minimum absolute atomic E-state index is 0.0582. The number of carbonyl (C=O) groups excluding carboxylic acids is 2. The molecular formula is C22H31N6O3+. The van der Waals surface area contributed by atoms with Crippen molar-refractivity contribution in [3.05, 3.63) is 42.2 Å². The van der Waals surface area contributed by atoms with E-state index in [1.807, 2.05) is 41.2 Å². The highest BCUT2D eigenvalue weighted by Gasteiger charge is 2.46.